The molecule has 3 heterocycles. The maximum absolute atomic E-state index is 12.7. The van der Waals surface area contributed by atoms with Crippen LogP contribution in [0.15, 0.2) is 18.2 Å². The first-order valence-electron chi connectivity index (χ1n) is 10.5. The van der Waals surface area contributed by atoms with Crippen molar-refractivity contribution in [3.8, 4) is 0 Å². The van der Waals surface area contributed by atoms with E-state index in [4.69, 9.17) is 4.74 Å². The molecule has 0 radical (unpaired) electrons. The molecule has 0 bridgehead atoms. The second-order valence-corrected chi connectivity index (χ2v) is 9.16. The highest BCUT2D eigenvalue weighted by Crippen LogP contribution is 2.29. The molecule has 1 unspecified atom stereocenters. The largest absolute Gasteiger partial charge is 0.370 e. The Balaban J connectivity index is 1.37. The number of carbonyl (C=O) groups is 2. The van der Waals surface area contributed by atoms with Crippen LogP contribution in [-0.2, 0) is 14.3 Å². The van der Waals surface area contributed by atoms with Crippen molar-refractivity contribution in [2.75, 3.05) is 25.0 Å². The second kappa shape index (κ2) is 7.78. The number of likely N-dealkylation sites (tertiary alicyclic amines) is 1. The minimum absolute atomic E-state index is 0.0195. The Kier molecular flexibility index (Phi) is 5.34. The number of aromatic amines is 1. The first kappa shape index (κ1) is 19.9. The second-order valence-electron chi connectivity index (χ2n) is 9.16. The SMILES string of the molecule is CC(C)(C)C(=O)N1CCC(C(=O)Nc2ccc3nc(C4CCCO4)[nH]c3c2)CC1. The minimum Gasteiger partial charge on any atom is -0.370 e. The molecule has 156 valence electrons. The Labute approximate surface area is 171 Å². The molecule has 1 atom stereocenters. The van der Waals surface area contributed by atoms with Gasteiger partial charge in [0.2, 0.25) is 11.8 Å². The lowest BCUT2D eigenvalue weighted by Crippen LogP contribution is -2.45. The van der Waals surface area contributed by atoms with Crippen LogP contribution in [0.2, 0.25) is 0 Å². The molecule has 7 nitrogen and oxygen atoms in total. The van der Waals surface area contributed by atoms with E-state index in [9.17, 15) is 9.59 Å². The Bertz CT molecular complexity index is 900. The third kappa shape index (κ3) is 4.29. The van der Waals surface area contributed by atoms with Crippen molar-refractivity contribution in [1.82, 2.24) is 14.9 Å². The number of benzene rings is 1. The fourth-order valence-corrected chi connectivity index (χ4v) is 4.12. The molecule has 2 aliphatic heterocycles. The molecule has 1 aromatic carbocycles. The smallest absolute Gasteiger partial charge is 0.227 e. The van der Waals surface area contributed by atoms with E-state index in [0.717, 1.165) is 42.0 Å². The van der Waals surface area contributed by atoms with Gasteiger partial charge in [0.15, 0.2) is 0 Å². The molecule has 29 heavy (non-hydrogen) atoms. The van der Waals surface area contributed by atoms with Crippen molar-refractivity contribution >= 4 is 28.5 Å². The van der Waals surface area contributed by atoms with Crippen LogP contribution in [0.4, 0.5) is 5.69 Å². The van der Waals surface area contributed by atoms with Gasteiger partial charge in [0.05, 0.1) is 11.0 Å². The molecule has 1 aromatic heterocycles. The lowest BCUT2D eigenvalue weighted by Gasteiger charge is -2.35. The molecular formula is C22H30N4O3. The van der Waals surface area contributed by atoms with Gasteiger partial charge in [-0.3, -0.25) is 9.59 Å². The number of ether oxygens (including phenoxy) is 1. The number of hydrogen-bond acceptors (Lipinski definition) is 4. The van der Waals surface area contributed by atoms with Crippen LogP contribution in [-0.4, -0.2) is 46.4 Å². The van der Waals surface area contributed by atoms with Gasteiger partial charge in [0.1, 0.15) is 11.9 Å². The maximum atomic E-state index is 12.7. The first-order chi connectivity index (χ1) is 13.8. The summed E-state index contributed by atoms with van der Waals surface area (Å²) in [5.41, 5.74) is 2.16. The van der Waals surface area contributed by atoms with Crippen LogP contribution in [0.5, 0.6) is 0 Å². The van der Waals surface area contributed by atoms with Crippen LogP contribution in [0, 0.1) is 11.3 Å². The Morgan fingerprint density at radius 1 is 1.21 bits per heavy atom. The lowest BCUT2D eigenvalue weighted by atomic mass is 9.90. The van der Waals surface area contributed by atoms with Gasteiger partial charge in [-0.05, 0) is 43.9 Å². The number of carbonyl (C=O) groups excluding carboxylic acids is 2. The van der Waals surface area contributed by atoms with E-state index in [2.05, 4.69) is 15.3 Å². The van der Waals surface area contributed by atoms with Gasteiger partial charge in [0.25, 0.3) is 0 Å². The topological polar surface area (TPSA) is 87.3 Å². The van der Waals surface area contributed by atoms with Crippen LogP contribution in [0.25, 0.3) is 11.0 Å². The van der Waals surface area contributed by atoms with E-state index < -0.39 is 0 Å². The van der Waals surface area contributed by atoms with Crippen LogP contribution in [0.3, 0.4) is 0 Å². The number of nitrogens with one attached hydrogen (secondary N) is 2. The molecule has 2 amide bonds. The fraction of sp³-hybridized carbons (Fsp3) is 0.591. The molecular weight excluding hydrogens is 368 g/mol. The van der Waals surface area contributed by atoms with Crippen molar-refractivity contribution < 1.29 is 14.3 Å². The standard InChI is InChI=1S/C22H30N4O3/c1-22(2,3)21(28)26-10-8-14(9-11-26)20(27)23-15-6-7-16-17(13-15)25-19(24-16)18-5-4-12-29-18/h6-7,13-14,18H,4-5,8-12H2,1-3H3,(H,23,27)(H,24,25). The number of rotatable bonds is 3. The number of fused-ring (bicyclic) bond motifs is 1. The number of H-pyrrole nitrogens is 1. The molecule has 2 fully saturated rings. The number of amides is 2. The van der Waals surface area contributed by atoms with E-state index in [1.807, 2.05) is 43.9 Å². The summed E-state index contributed by atoms with van der Waals surface area (Å²) < 4.78 is 5.70. The summed E-state index contributed by atoms with van der Waals surface area (Å²) in [6.45, 7) is 7.86. The highest BCUT2D eigenvalue weighted by atomic mass is 16.5. The van der Waals surface area contributed by atoms with Crippen LogP contribution >= 0.6 is 0 Å². The third-order valence-corrected chi connectivity index (χ3v) is 5.80. The predicted molar refractivity (Wildman–Crippen MR) is 111 cm³/mol. The van der Waals surface area contributed by atoms with Gasteiger partial charge in [-0.1, -0.05) is 20.8 Å². The highest BCUT2D eigenvalue weighted by Gasteiger charge is 2.32. The molecule has 0 aliphatic carbocycles. The van der Waals surface area contributed by atoms with Gasteiger partial charge >= 0.3 is 0 Å². The predicted octanol–water partition coefficient (Wildman–Crippen LogP) is 3.64. The molecule has 2 N–H and O–H groups in total. The van der Waals surface area contributed by atoms with Gasteiger partial charge in [-0.15, -0.1) is 0 Å². The van der Waals surface area contributed by atoms with Crippen molar-refractivity contribution in [3.05, 3.63) is 24.0 Å². The molecule has 2 aliphatic rings. The summed E-state index contributed by atoms with van der Waals surface area (Å²) in [6, 6.07) is 5.74. The van der Waals surface area contributed by atoms with Crippen LogP contribution in [0.1, 0.15) is 58.4 Å². The van der Waals surface area contributed by atoms with E-state index in [1.165, 1.54) is 0 Å². The minimum atomic E-state index is -0.378. The van der Waals surface area contributed by atoms with Crippen molar-refractivity contribution in [3.63, 3.8) is 0 Å². The summed E-state index contributed by atoms with van der Waals surface area (Å²) in [7, 11) is 0. The van der Waals surface area contributed by atoms with E-state index in [-0.39, 0.29) is 29.3 Å². The van der Waals surface area contributed by atoms with Crippen LogP contribution < -0.4 is 5.32 Å². The first-order valence-corrected chi connectivity index (χ1v) is 10.5. The lowest BCUT2D eigenvalue weighted by molar-refractivity contribution is -0.142. The highest BCUT2D eigenvalue weighted by molar-refractivity contribution is 5.94. The Morgan fingerprint density at radius 3 is 2.62 bits per heavy atom. The quantitative estimate of drug-likeness (QED) is 0.826. The molecule has 2 aromatic rings. The zero-order valence-electron chi connectivity index (χ0n) is 17.5. The van der Waals surface area contributed by atoms with Gasteiger partial charge < -0.3 is 19.9 Å². The number of imidazole rings is 1. The van der Waals surface area contributed by atoms with Crippen molar-refractivity contribution in [2.24, 2.45) is 11.3 Å². The normalized spacial score (nSPS) is 20.9. The van der Waals surface area contributed by atoms with Gasteiger partial charge in [-0.2, -0.15) is 0 Å². The number of hydrogen-bond donors (Lipinski definition) is 2. The zero-order chi connectivity index (χ0) is 20.6. The summed E-state index contributed by atoms with van der Waals surface area (Å²) in [5, 5.41) is 3.04. The molecule has 0 spiro atoms. The summed E-state index contributed by atoms with van der Waals surface area (Å²) in [5.74, 6) is 0.963. The van der Waals surface area contributed by atoms with E-state index in [1.54, 1.807) is 0 Å². The molecule has 4 rings (SSSR count). The molecule has 0 saturated carbocycles. The number of anilines is 1. The number of nitrogens with zero attached hydrogens (tertiary/aromatic N) is 2. The van der Waals surface area contributed by atoms with Crippen molar-refractivity contribution in [2.45, 2.75) is 52.6 Å². The number of aromatic nitrogens is 2. The van der Waals surface area contributed by atoms with Gasteiger partial charge in [0, 0.05) is 36.7 Å². The summed E-state index contributed by atoms with van der Waals surface area (Å²) >= 11 is 0. The molecule has 2 saturated heterocycles. The Hall–Kier alpha value is -2.41. The monoisotopic (exact) mass is 398 g/mol. The average Bonchev–Trinajstić information content (AvgIpc) is 3.36. The van der Waals surface area contributed by atoms with Crippen molar-refractivity contribution in [1.29, 1.82) is 0 Å². The summed E-state index contributed by atoms with van der Waals surface area (Å²) in [4.78, 5) is 35.0. The van der Waals surface area contributed by atoms with E-state index in [0.29, 0.717) is 25.9 Å². The fourth-order valence-electron chi connectivity index (χ4n) is 4.12. The summed E-state index contributed by atoms with van der Waals surface area (Å²) in [6.07, 6.45) is 3.48. The average molecular weight is 399 g/mol. The van der Waals surface area contributed by atoms with E-state index >= 15 is 0 Å². The number of piperidine rings is 1. The zero-order valence-corrected chi connectivity index (χ0v) is 17.5. The Morgan fingerprint density at radius 2 is 1.97 bits per heavy atom. The third-order valence-electron chi connectivity index (χ3n) is 5.80. The van der Waals surface area contributed by atoms with Gasteiger partial charge in [-0.25, -0.2) is 4.98 Å². The molecule has 7 heteroatoms. The maximum Gasteiger partial charge on any atom is 0.227 e.